The maximum atomic E-state index is 11.4. The van der Waals surface area contributed by atoms with E-state index in [0.29, 0.717) is 0 Å². The lowest BCUT2D eigenvalue weighted by molar-refractivity contribution is -0.134. The Hall–Kier alpha value is -2.09. The number of carbonyl (C=O) groups is 1. The van der Waals surface area contributed by atoms with Gasteiger partial charge in [0.1, 0.15) is 0 Å². The van der Waals surface area contributed by atoms with Crippen molar-refractivity contribution in [1.29, 1.82) is 5.41 Å². The minimum absolute atomic E-state index is 0.0468. The Morgan fingerprint density at radius 1 is 1.28 bits per heavy atom. The molecular formula is C10H15N3O4S. The summed E-state index contributed by atoms with van der Waals surface area (Å²) in [5.41, 5.74) is 9.87. The van der Waals surface area contributed by atoms with Crippen LogP contribution in [0.15, 0.2) is 29.2 Å². The molecule has 0 saturated heterocycles. The van der Waals surface area contributed by atoms with Crippen LogP contribution in [0.4, 0.5) is 0 Å². The van der Waals surface area contributed by atoms with E-state index < -0.39 is 21.6 Å². The smallest absolute Gasteiger partial charge is 0.319 e. The van der Waals surface area contributed by atoms with Crippen LogP contribution in [-0.4, -0.2) is 31.2 Å². The first-order valence-corrected chi connectivity index (χ1v) is 6.41. The zero-order valence-corrected chi connectivity index (χ0v) is 10.6. The van der Waals surface area contributed by atoms with Crippen molar-refractivity contribution in [3.63, 3.8) is 0 Å². The first kappa shape index (κ1) is 15.9. The molecule has 100 valence electrons. The maximum Gasteiger partial charge on any atom is 0.319 e. The standard InChI is InChI=1S/C9H10O4S.CH5N3/c1-7-2-4-8(5-3-7)14(12,13)6-9(10)11;2-1(3)4/h2-5H,6H2,1H3,(H,10,11);(H5,2,3,4). The van der Waals surface area contributed by atoms with Gasteiger partial charge in [0.05, 0.1) is 4.90 Å². The van der Waals surface area contributed by atoms with Crippen LogP contribution in [0.1, 0.15) is 5.56 Å². The molecule has 0 bridgehead atoms. The Kier molecular flexibility index (Phi) is 5.83. The van der Waals surface area contributed by atoms with E-state index in [0.717, 1.165) is 5.56 Å². The highest BCUT2D eigenvalue weighted by molar-refractivity contribution is 7.92. The zero-order valence-electron chi connectivity index (χ0n) is 9.75. The van der Waals surface area contributed by atoms with Gasteiger partial charge >= 0.3 is 5.97 Å². The summed E-state index contributed by atoms with van der Waals surface area (Å²) in [5.74, 6) is -2.54. The number of rotatable bonds is 3. The summed E-state index contributed by atoms with van der Waals surface area (Å²) in [6.07, 6.45) is 0. The van der Waals surface area contributed by atoms with E-state index in [9.17, 15) is 13.2 Å². The molecule has 0 aliphatic carbocycles. The SMILES string of the molecule is Cc1ccc(S(=O)(=O)CC(=O)O)cc1.N=C(N)N. The number of carboxylic acids is 1. The number of sulfone groups is 1. The highest BCUT2D eigenvalue weighted by Crippen LogP contribution is 2.11. The van der Waals surface area contributed by atoms with Crippen molar-refractivity contribution in [2.45, 2.75) is 11.8 Å². The van der Waals surface area contributed by atoms with Crippen LogP contribution in [0.2, 0.25) is 0 Å². The Labute approximate surface area is 105 Å². The lowest BCUT2D eigenvalue weighted by Crippen LogP contribution is -2.20. The molecule has 7 nitrogen and oxygen atoms in total. The summed E-state index contributed by atoms with van der Waals surface area (Å²) in [6, 6.07) is 6.09. The number of nitrogens with one attached hydrogen (secondary N) is 1. The van der Waals surface area contributed by atoms with Crippen LogP contribution in [0.3, 0.4) is 0 Å². The van der Waals surface area contributed by atoms with E-state index in [1.165, 1.54) is 12.1 Å². The molecule has 0 spiro atoms. The number of carboxylic acid groups (broad SMARTS) is 1. The number of guanidine groups is 1. The highest BCUT2D eigenvalue weighted by atomic mass is 32.2. The Morgan fingerprint density at radius 3 is 2.00 bits per heavy atom. The fourth-order valence-electron chi connectivity index (χ4n) is 0.991. The van der Waals surface area contributed by atoms with E-state index >= 15 is 0 Å². The predicted molar refractivity (Wildman–Crippen MR) is 67.0 cm³/mol. The Balaban J connectivity index is 0.000000631. The summed E-state index contributed by atoms with van der Waals surface area (Å²) < 4.78 is 22.7. The number of aryl methyl sites for hydroxylation is 1. The summed E-state index contributed by atoms with van der Waals surface area (Å²) in [6.45, 7) is 1.83. The summed E-state index contributed by atoms with van der Waals surface area (Å²) in [7, 11) is -3.68. The van der Waals surface area contributed by atoms with E-state index in [1.807, 2.05) is 6.92 Å². The monoisotopic (exact) mass is 273 g/mol. The van der Waals surface area contributed by atoms with E-state index in [-0.39, 0.29) is 10.9 Å². The third-order valence-corrected chi connectivity index (χ3v) is 3.31. The number of hydrogen-bond donors (Lipinski definition) is 4. The topological polar surface area (TPSA) is 147 Å². The molecule has 18 heavy (non-hydrogen) atoms. The van der Waals surface area contributed by atoms with Crippen molar-refractivity contribution in [1.82, 2.24) is 0 Å². The van der Waals surface area contributed by atoms with Crippen molar-refractivity contribution in [3.8, 4) is 0 Å². The molecule has 0 aliphatic rings. The van der Waals surface area contributed by atoms with Gasteiger partial charge in [0.2, 0.25) is 0 Å². The van der Waals surface area contributed by atoms with Crippen LogP contribution in [0.25, 0.3) is 0 Å². The van der Waals surface area contributed by atoms with Gasteiger partial charge in [-0.1, -0.05) is 17.7 Å². The molecule has 0 fully saturated rings. The average Bonchev–Trinajstić information content (AvgIpc) is 2.15. The van der Waals surface area contributed by atoms with Crippen LogP contribution in [0, 0.1) is 12.3 Å². The van der Waals surface area contributed by atoms with Gasteiger partial charge in [-0.2, -0.15) is 0 Å². The highest BCUT2D eigenvalue weighted by Gasteiger charge is 2.17. The molecule has 0 atom stereocenters. The van der Waals surface area contributed by atoms with Crippen LogP contribution in [0.5, 0.6) is 0 Å². The number of aliphatic carboxylic acids is 1. The molecule has 8 heteroatoms. The van der Waals surface area contributed by atoms with E-state index in [2.05, 4.69) is 11.5 Å². The molecule has 0 aromatic heterocycles. The lowest BCUT2D eigenvalue weighted by atomic mass is 10.2. The number of nitrogens with two attached hydrogens (primary N) is 2. The molecular weight excluding hydrogens is 258 g/mol. The van der Waals surface area contributed by atoms with E-state index in [4.69, 9.17) is 10.5 Å². The molecule has 1 aromatic carbocycles. The molecule has 1 rings (SSSR count). The molecule has 0 saturated carbocycles. The van der Waals surface area contributed by atoms with Gasteiger partial charge in [-0.3, -0.25) is 10.2 Å². The van der Waals surface area contributed by atoms with E-state index in [1.54, 1.807) is 12.1 Å². The molecule has 0 aliphatic heterocycles. The first-order chi connectivity index (χ1) is 8.15. The largest absolute Gasteiger partial charge is 0.480 e. The molecule has 6 N–H and O–H groups in total. The number of hydrogen-bond acceptors (Lipinski definition) is 4. The Morgan fingerprint density at radius 2 is 1.67 bits per heavy atom. The minimum atomic E-state index is -3.68. The quantitative estimate of drug-likeness (QED) is 0.438. The van der Waals surface area contributed by atoms with Crippen molar-refractivity contribution < 1.29 is 18.3 Å². The van der Waals surface area contributed by atoms with Gasteiger partial charge in [-0.25, -0.2) is 8.42 Å². The minimum Gasteiger partial charge on any atom is -0.480 e. The third kappa shape index (κ3) is 6.48. The second kappa shape index (κ2) is 6.60. The predicted octanol–water partition coefficient (Wildman–Crippen LogP) is -0.308. The second-order valence-electron chi connectivity index (χ2n) is 3.42. The molecule has 0 amide bonds. The van der Waals surface area contributed by atoms with Crippen molar-refractivity contribution in [2.75, 3.05) is 5.75 Å². The van der Waals surface area contributed by atoms with Crippen molar-refractivity contribution >= 4 is 21.8 Å². The van der Waals surface area contributed by atoms with Gasteiger partial charge in [0, 0.05) is 0 Å². The molecule has 0 radical (unpaired) electrons. The van der Waals surface area contributed by atoms with Crippen LogP contribution < -0.4 is 11.5 Å². The van der Waals surface area contributed by atoms with Crippen LogP contribution >= 0.6 is 0 Å². The summed E-state index contributed by atoms with van der Waals surface area (Å²) >= 11 is 0. The van der Waals surface area contributed by atoms with Gasteiger partial charge in [-0.05, 0) is 19.1 Å². The maximum absolute atomic E-state index is 11.4. The fourth-order valence-corrected chi connectivity index (χ4v) is 2.03. The molecule has 1 aromatic rings. The summed E-state index contributed by atoms with van der Waals surface area (Å²) in [4.78, 5) is 10.3. The second-order valence-corrected chi connectivity index (χ2v) is 5.41. The lowest BCUT2D eigenvalue weighted by Gasteiger charge is -2.01. The first-order valence-electron chi connectivity index (χ1n) is 4.76. The third-order valence-electron chi connectivity index (χ3n) is 1.69. The Bertz CT molecular complexity index is 519. The molecule has 0 unspecified atom stereocenters. The van der Waals surface area contributed by atoms with Gasteiger partial charge in [0.15, 0.2) is 21.5 Å². The number of benzene rings is 1. The molecule has 0 heterocycles. The van der Waals surface area contributed by atoms with Crippen molar-refractivity contribution in [2.24, 2.45) is 11.5 Å². The fraction of sp³-hybridized carbons (Fsp3) is 0.200. The van der Waals surface area contributed by atoms with Gasteiger partial charge in [-0.15, -0.1) is 0 Å². The summed E-state index contributed by atoms with van der Waals surface area (Å²) in [5, 5.41) is 14.4. The van der Waals surface area contributed by atoms with Crippen LogP contribution in [-0.2, 0) is 14.6 Å². The normalized spacial score (nSPS) is 10.1. The zero-order chi connectivity index (χ0) is 14.3. The average molecular weight is 273 g/mol. The van der Waals surface area contributed by atoms with Gasteiger partial charge in [0.25, 0.3) is 0 Å². The van der Waals surface area contributed by atoms with Gasteiger partial charge < -0.3 is 16.6 Å². The van der Waals surface area contributed by atoms with Crippen molar-refractivity contribution in [3.05, 3.63) is 29.8 Å².